The Bertz CT molecular complexity index is 1210. The summed E-state index contributed by atoms with van der Waals surface area (Å²) < 4.78 is 75.6. The second-order valence-corrected chi connectivity index (χ2v) is 8.73. The van der Waals surface area contributed by atoms with Gasteiger partial charge >= 0.3 is 12.1 Å². The van der Waals surface area contributed by atoms with E-state index in [1.165, 1.54) is 31.2 Å². The lowest BCUT2D eigenvalue weighted by Crippen LogP contribution is -2.15. The zero-order chi connectivity index (χ0) is 23.7. The van der Waals surface area contributed by atoms with Gasteiger partial charge in [0.1, 0.15) is 5.56 Å². The number of benzene rings is 1. The molecule has 0 saturated heterocycles. The first-order valence-electron chi connectivity index (χ1n) is 9.28. The van der Waals surface area contributed by atoms with Crippen LogP contribution in [0.3, 0.4) is 0 Å². The quantitative estimate of drug-likeness (QED) is 0.410. The van der Waals surface area contributed by atoms with Gasteiger partial charge in [0, 0.05) is 11.8 Å². The van der Waals surface area contributed by atoms with Crippen molar-refractivity contribution in [3.63, 3.8) is 0 Å². The first-order chi connectivity index (χ1) is 14.9. The normalized spacial score (nSPS) is 12.2. The average molecular weight is 472 g/mol. The van der Waals surface area contributed by atoms with E-state index in [0.717, 1.165) is 11.8 Å². The Morgan fingerprint density at radius 3 is 2.44 bits per heavy atom. The molecule has 1 aromatic carbocycles. The van der Waals surface area contributed by atoms with Gasteiger partial charge in [-0.15, -0.1) is 0 Å². The van der Waals surface area contributed by atoms with Crippen LogP contribution in [0.4, 0.5) is 19.1 Å². The van der Waals surface area contributed by atoms with Crippen LogP contribution in [0.15, 0.2) is 39.9 Å². The minimum absolute atomic E-state index is 0.0185. The third kappa shape index (κ3) is 4.77. The second kappa shape index (κ2) is 8.65. The van der Waals surface area contributed by atoms with Crippen molar-refractivity contribution in [3.05, 3.63) is 58.5 Å². The van der Waals surface area contributed by atoms with E-state index < -0.39 is 27.9 Å². The van der Waals surface area contributed by atoms with Crippen molar-refractivity contribution < 1.29 is 35.6 Å². The summed E-state index contributed by atoms with van der Waals surface area (Å²) in [5.74, 6) is -1.05. The number of halogens is 3. The number of nitrogens with zero attached hydrogens (tertiary/aromatic N) is 3. The number of hydrogen-bond donors (Lipinski definition) is 1. The fraction of sp³-hybridized carbons (Fsp3) is 0.316. The largest absolute Gasteiger partial charge is 0.462 e. The number of alkyl halides is 3. The Labute approximate surface area is 181 Å². The van der Waals surface area contributed by atoms with E-state index in [2.05, 4.69) is 14.8 Å². The van der Waals surface area contributed by atoms with E-state index in [1.54, 1.807) is 6.92 Å². The fourth-order valence-electron chi connectivity index (χ4n) is 2.88. The summed E-state index contributed by atoms with van der Waals surface area (Å²) in [6.07, 6.45) is -4.30. The molecule has 0 bridgehead atoms. The molecule has 0 spiro atoms. The van der Waals surface area contributed by atoms with E-state index in [9.17, 15) is 26.4 Å². The van der Waals surface area contributed by atoms with Crippen molar-refractivity contribution in [2.75, 3.05) is 12.3 Å². The Balaban J connectivity index is 1.76. The van der Waals surface area contributed by atoms with Gasteiger partial charge in [0.25, 0.3) is 10.0 Å². The minimum Gasteiger partial charge on any atom is -0.462 e. The molecule has 2 heterocycles. The molecule has 0 aliphatic carbocycles. The Kier molecular flexibility index (Phi) is 6.30. The molecule has 32 heavy (non-hydrogen) atoms. The highest BCUT2D eigenvalue weighted by Gasteiger charge is 2.38. The third-order valence-corrected chi connectivity index (χ3v) is 6.07. The summed E-state index contributed by atoms with van der Waals surface area (Å²) in [5.41, 5.74) is 4.77. The van der Waals surface area contributed by atoms with Gasteiger partial charge in [-0.25, -0.2) is 4.79 Å². The van der Waals surface area contributed by atoms with Crippen molar-refractivity contribution in [2.24, 2.45) is 0 Å². The number of nitrogen functional groups attached to an aromatic ring is 1. The molecule has 0 amide bonds. The Morgan fingerprint density at radius 2 is 1.88 bits per heavy atom. The van der Waals surface area contributed by atoms with Crippen LogP contribution >= 0.6 is 0 Å². The molecule has 0 aliphatic rings. The highest BCUT2D eigenvalue weighted by molar-refractivity contribution is 7.89. The molecule has 0 fully saturated rings. The van der Waals surface area contributed by atoms with Gasteiger partial charge in [0.05, 0.1) is 17.2 Å². The number of nitrogens with two attached hydrogens (primary N) is 1. The molecule has 3 rings (SSSR count). The predicted octanol–water partition coefficient (Wildman–Crippen LogP) is 3.12. The summed E-state index contributed by atoms with van der Waals surface area (Å²) in [5, 5.41) is 6.80. The molecule has 13 heteroatoms. The first kappa shape index (κ1) is 23.3. The summed E-state index contributed by atoms with van der Waals surface area (Å²) in [4.78, 5) is 11.8. The molecule has 0 unspecified atom stereocenters. The molecule has 9 nitrogen and oxygen atoms in total. The van der Waals surface area contributed by atoms with Gasteiger partial charge in [-0.1, -0.05) is 22.9 Å². The standard InChI is InChI=1S/C19H19F3N4O5S/c1-11-5-7-14(8-6-11)32(28,29)26-10-13(16(24-26)19(20,21)22)4-3-9-30-18(27)15-12(2)25-31-17(15)23/h5-8,10H,3-4,9,23H2,1-2H3. The number of hydrogen-bond acceptors (Lipinski definition) is 8. The SMILES string of the molecule is Cc1ccc(S(=O)(=O)n2cc(CCCOC(=O)c3c(C)noc3N)c(C(F)(F)F)n2)cc1. The van der Waals surface area contributed by atoms with Crippen LogP contribution in [0, 0.1) is 13.8 Å². The number of aryl methyl sites for hydroxylation is 3. The molecular formula is C19H19F3N4O5S. The molecular weight excluding hydrogens is 453 g/mol. The Morgan fingerprint density at radius 1 is 1.22 bits per heavy atom. The topological polar surface area (TPSA) is 130 Å². The number of ether oxygens (including phenoxy) is 1. The molecule has 2 aromatic heterocycles. The van der Waals surface area contributed by atoms with Gasteiger partial charge in [0.15, 0.2) is 5.69 Å². The van der Waals surface area contributed by atoms with Crippen LogP contribution in [0.1, 0.15) is 39.3 Å². The lowest BCUT2D eigenvalue weighted by molar-refractivity contribution is -0.141. The Hall–Kier alpha value is -3.35. The van der Waals surface area contributed by atoms with Crippen molar-refractivity contribution in [1.29, 1.82) is 0 Å². The van der Waals surface area contributed by atoms with Crippen LogP contribution in [0.2, 0.25) is 0 Å². The lowest BCUT2D eigenvalue weighted by atomic mass is 10.1. The summed E-state index contributed by atoms with van der Waals surface area (Å²) in [6.45, 7) is 2.99. The van der Waals surface area contributed by atoms with Crippen molar-refractivity contribution in [1.82, 2.24) is 14.3 Å². The molecule has 172 valence electrons. The van der Waals surface area contributed by atoms with Crippen LogP contribution in [0.5, 0.6) is 0 Å². The summed E-state index contributed by atoms with van der Waals surface area (Å²) in [6, 6.07) is 5.63. The van der Waals surface area contributed by atoms with Gasteiger partial charge in [0.2, 0.25) is 5.88 Å². The minimum atomic E-state index is -4.87. The zero-order valence-electron chi connectivity index (χ0n) is 17.0. The van der Waals surface area contributed by atoms with Gasteiger partial charge < -0.3 is 15.0 Å². The second-order valence-electron chi connectivity index (χ2n) is 6.94. The van der Waals surface area contributed by atoms with Gasteiger partial charge in [-0.3, -0.25) is 0 Å². The van der Waals surface area contributed by atoms with Gasteiger partial charge in [-0.05, 0) is 38.8 Å². The van der Waals surface area contributed by atoms with Crippen LogP contribution in [-0.2, 0) is 27.4 Å². The number of aromatic nitrogens is 3. The smallest absolute Gasteiger partial charge is 0.435 e. The highest BCUT2D eigenvalue weighted by atomic mass is 32.2. The van der Waals surface area contributed by atoms with Crippen molar-refractivity contribution >= 4 is 21.9 Å². The number of esters is 1. The number of carbonyl (C=O) groups is 1. The average Bonchev–Trinajstić information content (AvgIpc) is 3.29. The number of anilines is 1. The maximum atomic E-state index is 13.4. The summed E-state index contributed by atoms with van der Waals surface area (Å²) >= 11 is 0. The first-order valence-corrected chi connectivity index (χ1v) is 10.7. The van der Waals surface area contributed by atoms with E-state index in [4.69, 9.17) is 10.5 Å². The summed E-state index contributed by atoms with van der Waals surface area (Å²) in [7, 11) is -4.31. The monoisotopic (exact) mass is 472 g/mol. The molecule has 0 radical (unpaired) electrons. The van der Waals surface area contributed by atoms with E-state index in [-0.39, 0.29) is 47.0 Å². The zero-order valence-corrected chi connectivity index (χ0v) is 17.8. The van der Waals surface area contributed by atoms with E-state index in [0.29, 0.717) is 4.09 Å². The molecule has 2 N–H and O–H groups in total. The van der Waals surface area contributed by atoms with Crippen molar-refractivity contribution in [2.45, 2.75) is 37.8 Å². The number of rotatable bonds is 7. The maximum Gasteiger partial charge on any atom is 0.435 e. The fourth-order valence-corrected chi connectivity index (χ4v) is 4.04. The van der Waals surface area contributed by atoms with Crippen molar-refractivity contribution in [3.8, 4) is 0 Å². The van der Waals surface area contributed by atoms with Crippen LogP contribution in [0.25, 0.3) is 0 Å². The van der Waals surface area contributed by atoms with Crippen LogP contribution in [-0.4, -0.2) is 35.3 Å². The highest BCUT2D eigenvalue weighted by Crippen LogP contribution is 2.32. The third-order valence-electron chi connectivity index (χ3n) is 4.52. The predicted molar refractivity (Wildman–Crippen MR) is 105 cm³/mol. The van der Waals surface area contributed by atoms with Gasteiger partial charge in [-0.2, -0.15) is 30.8 Å². The maximum absolute atomic E-state index is 13.4. The van der Waals surface area contributed by atoms with E-state index >= 15 is 0 Å². The molecule has 0 aliphatic heterocycles. The van der Waals surface area contributed by atoms with E-state index in [1.807, 2.05) is 0 Å². The molecule has 0 saturated carbocycles. The van der Waals surface area contributed by atoms with Crippen LogP contribution < -0.4 is 5.73 Å². The molecule has 3 aromatic rings. The molecule has 0 atom stereocenters. The lowest BCUT2D eigenvalue weighted by Gasteiger charge is -2.06. The number of carbonyl (C=O) groups excluding carboxylic acids is 1.